The Bertz CT molecular complexity index is 22.5. The van der Waals surface area contributed by atoms with Crippen molar-refractivity contribution in [2.75, 3.05) is 0 Å². The Morgan fingerprint density at radius 3 is 0.857 bits per heavy atom. The SMILES string of the molecule is [Co].[Co].[H-].[H-].[Mg+2].[O]=[W].[O]=[W]. The second-order valence-electron chi connectivity index (χ2n) is 0. The Labute approximate surface area is 104 Å². The van der Waals surface area contributed by atoms with Gasteiger partial charge in [0.05, 0.1) is 0 Å². The molecule has 0 rings (SSSR count). The summed E-state index contributed by atoms with van der Waals surface area (Å²) in [5.74, 6) is 0. The second kappa shape index (κ2) is 69.4. The van der Waals surface area contributed by atoms with Crippen molar-refractivity contribution >= 4 is 23.1 Å². The molecule has 0 bridgehead atoms. The summed E-state index contributed by atoms with van der Waals surface area (Å²) in [6, 6.07) is 0. The van der Waals surface area contributed by atoms with Crippen molar-refractivity contribution in [2.24, 2.45) is 0 Å². The van der Waals surface area contributed by atoms with Gasteiger partial charge in [-0.1, -0.05) is 0 Å². The van der Waals surface area contributed by atoms with Crippen LogP contribution in [0.3, 0.4) is 0 Å². The van der Waals surface area contributed by atoms with Crippen LogP contribution in [0.2, 0.25) is 0 Å². The molecule has 0 atom stereocenters. The average molecular weight is 544 g/mol. The van der Waals surface area contributed by atoms with Gasteiger partial charge >= 0.3 is 69.4 Å². The van der Waals surface area contributed by atoms with Gasteiger partial charge < -0.3 is 2.85 Å². The number of rotatable bonds is 0. The van der Waals surface area contributed by atoms with Crippen molar-refractivity contribution in [2.45, 2.75) is 0 Å². The molecule has 46 valence electrons. The van der Waals surface area contributed by atoms with E-state index in [4.69, 9.17) is 6.80 Å². The molecule has 0 fully saturated rings. The van der Waals surface area contributed by atoms with Gasteiger partial charge in [-0.2, -0.15) is 0 Å². The molecule has 7 heteroatoms. The van der Waals surface area contributed by atoms with Crippen LogP contribution >= 0.6 is 0 Å². The first-order valence-electron chi connectivity index (χ1n) is 0.333. The Kier molecular flexibility index (Phi) is 328. The molecule has 0 N–H and O–H groups in total. The molecule has 0 aromatic carbocycles. The topological polar surface area (TPSA) is 34.1 Å². The van der Waals surface area contributed by atoms with Crippen molar-refractivity contribution in [3.05, 3.63) is 0 Å². The van der Waals surface area contributed by atoms with Crippen LogP contribution in [-0.2, 0) is 79.9 Å². The zero-order valence-electron chi connectivity index (χ0n) is 5.01. The first-order valence-corrected chi connectivity index (χ1v) is 2.73. The van der Waals surface area contributed by atoms with Crippen LogP contribution in [0.25, 0.3) is 0 Å². The molecule has 0 amide bonds. The number of hydrogen-bond acceptors (Lipinski definition) is 2. The van der Waals surface area contributed by atoms with E-state index in [1.807, 2.05) is 0 Å². The van der Waals surface area contributed by atoms with Gasteiger partial charge in [0, 0.05) is 33.6 Å². The van der Waals surface area contributed by atoms with E-state index in [0.29, 0.717) is 39.6 Å². The summed E-state index contributed by atoms with van der Waals surface area (Å²) in [4.78, 5) is 0. The van der Waals surface area contributed by atoms with Crippen LogP contribution < -0.4 is 0 Å². The van der Waals surface area contributed by atoms with Crippen molar-refractivity contribution in [3.8, 4) is 0 Å². The predicted molar refractivity (Wildman–Crippen MR) is 9.35 cm³/mol. The van der Waals surface area contributed by atoms with Crippen molar-refractivity contribution in [1.82, 2.24) is 0 Å². The van der Waals surface area contributed by atoms with E-state index in [9.17, 15) is 0 Å². The van der Waals surface area contributed by atoms with Crippen LogP contribution in [0.1, 0.15) is 2.85 Å². The molecule has 0 saturated carbocycles. The summed E-state index contributed by atoms with van der Waals surface area (Å²) < 4.78 is 16.7. The van der Waals surface area contributed by atoms with Gasteiger partial charge in [0.2, 0.25) is 0 Å². The summed E-state index contributed by atoms with van der Waals surface area (Å²) in [5, 5.41) is 0. The van der Waals surface area contributed by atoms with Gasteiger partial charge in [0.25, 0.3) is 0 Å². The quantitative estimate of drug-likeness (QED) is 0.390. The molecule has 2 radical (unpaired) electrons. The molecule has 0 aliphatic carbocycles. The van der Waals surface area contributed by atoms with E-state index in [0.717, 1.165) is 0 Å². The fraction of sp³-hybridized carbons (Fsp3) is 0. The molecule has 0 aliphatic heterocycles. The molecule has 0 saturated heterocycles. The minimum absolute atomic E-state index is 0. The van der Waals surface area contributed by atoms with Gasteiger partial charge in [-0.15, -0.1) is 0 Å². The summed E-state index contributed by atoms with van der Waals surface area (Å²) in [7, 11) is 0. The minimum atomic E-state index is 0. The van der Waals surface area contributed by atoms with Crippen molar-refractivity contribution in [3.63, 3.8) is 0 Å². The van der Waals surface area contributed by atoms with Gasteiger partial charge in [-0.05, 0) is 0 Å². The van der Waals surface area contributed by atoms with Crippen LogP contribution in [0.15, 0.2) is 0 Å². The monoisotopic (exact) mass is 544 g/mol. The zero-order valence-corrected chi connectivity index (χ0v) is 12.4. The van der Waals surface area contributed by atoms with Crippen LogP contribution in [0, 0.1) is 0 Å². The van der Waals surface area contributed by atoms with Crippen molar-refractivity contribution in [1.29, 1.82) is 0 Å². The van der Waals surface area contributed by atoms with Gasteiger partial charge in [0.15, 0.2) is 0 Å². The van der Waals surface area contributed by atoms with Crippen LogP contribution in [-0.4, -0.2) is 23.1 Å². The summed E-state index contributed by atoms with van der Waals surface area (Å²) in [6.45, 7) is 0. The third-order valence-electron chi connectivity index (χ3n) is 0. The van der Waals surface area contributed by atoms with E-state index in [1.54, 1.807) is 0 Å². The molecule has 0 spiro atoms. The fourth-order valence-electron chi connectivity index (χ4n) is 0. The first-order chi connectivity index (χ1) is 2.00. The van der Waals surface area contributed by atoms with Crippen LogP contribution in [0.5, 0.6) is 0 Å². The molecule has 7 heavy (non-hydrogen) atoms. The van der Waals surface area contributed by atoms with Gasteiger partial charge in [0.1, 0.15) is 0 Å². The molecule has 0 aromatic rings. The first kappa shape index (κ1) is 33.1. The molecular formula is H2Co2MgO2W2. The van der Waals surface area contributed by atoms with E-state index < -0.39 is 0 Å². The van der Waals surface area contributed by atoms with E-state index >= 15 is 0 Å². The van der Waals surface area contributed by atoms with E-state index in [1.165, 1.54) is 0 Å². The summed E-state index contributed by atoms with van der Waals surface area (Å²) >= 11 is 0.667. The molecule has 0 aromatic heterocycles. The second-order valence-corrected chi connectivity index (χ2v) is 0. The van der Waals surface area contributed by atoms with Crippen molar-refractivity contribution < 1.29 is 82.8 Å². The zero-order chi connectivity index (χ0) is 4.00. The Morgan fingerprint density at radius 2 is 0.857 bits per heavy atom. The maximum absolute atomic E-state index is 8.33. The van der Waals surface area contributed by atoms with Gasteiger partial charge in [-0.25, -0.2) is 0 Å². The third-order valence-corrected chi connectivity index (χ3v) is 0. The summed E-state index contributed by atoms with van der Waals surface area (Å²) in [6.07, 6.45) is 0. The molecule has 0 unspecified atom stereocenters. The van der Waals surface area contributed by atoms with E-state index in [-0.39, 0.29) is 59.5 Å². The normalized spacial score (nSPS) is 1.14. The Morgan fingerprint density at radius 1 is 0.857 bits per heavy atom. The Hall–Kier alpha value is 2.76. The van der Waals surface area contributed by atoms with Gasteiger partial charge in [-0.3, -0.25) is 0 Å². The summed E-state index contributed by atoms with van der Waals surface area (Å²) in [5.41, 5.74) is 0. The van der Waals surface area contributed by atoms with E-state index in [2.05, 4.69) is 0 Å². The fourth-order valence-corrected chi connectivity index (χ4v) is 0. The number of hydrogen-bond donors (Lipinski definition) is 0. The van der Waals surface area contributed by atoms with Crippen LogP contribution in [0.4, 0.5) is 0 Å². The Balaban J connectivity index is -0.00000000114. The predicted octanol–water partition coefficient (Wildman–Crippen LogP) is -0.403. The molecule has 2 nitrogen and oxygen atoms in total. The third kappa shape index (κ3) is 52.6. The molecular weight excluding hydrogens is 542 g/mol. The molecule has 0 aliphatic rings. The maximum atomic E-state index is 8.33. The molecule has 0 heterocycles. The average Bonchev–Trinajstić information content (AvgIpc) is 1.50. The standard InChI is InChI=1S/2Co.Mg.2O.2W.2H/q;;+2;;;;;2*-1.